The first-order chi connectivity index (χ1) is 20.6. The highest BCUT2D eigenvalue weighted by Crippen LogP contribution is 2.33. The van der Waals surface area contributed by atoms with Crippen LogP contribution < -0.4 is 15.1 Å². The third kappa shape index (κ3) is 10.4. The topological polar surface area (TPSA) is 151 Å². The van der Waals surface area contributed by atoms with Crippen molar-refractivity contribution in [3.63, 3.8) is 0 Å². The minimum Gasteiger partial charge on any atom is -0.443 e. The van der Waals surface area contributed by atoms with E-state index in [1.54, 1.807) is 79.3 Å². The third-order valence-corrected chi connectivity index (χ3v) is 6.19. The molecule has 1 aromatic heterocycles. The second kappa shape index (κ2) is 13.4. The van der Waals surface area contributed by atoms with Gasteiger partial charge in [0.25, 0.3) is 0 Å². The lowest BCUT2D eigenvalue weighted by Crippen LogP contribution is -2.39. The molecule has 0 unspecified atom stereocenters. The van der Waals surface area contributed by atoms with Gasteiger partial charge in [-0.2, -0.15) is 0 Å². The van der Waals surface area contributed by atoms with Crippen LogP contribution in [0.25, 0.3) is 11.0 Å². The number of nitrogens with zero attached hydrogens (tertiary/aromatic N) is 2. The lowest BCUT2D eigenvalue weighted by Gasteiger charge is -2.33. The van der Waals surface area contributed by atoms with Crippen LogP contribution in [0.3, 0.4) is 0 Å². The molecule has 0 spiro atoms. The molecule has 0 bridgehead atoms. The van der Waals surface area contributed by atoms with Gasteiger partial charge >= 0.3 is 18.4 Å². The number of carbonyl (C=O) groups excluding carboxylic acids is 4. The molecular weight excluding hydrogens is 588 g/mol. The van der Waals surface area contributed by atoms with Crippen molar-refractivity contribution in [2.45, 2.75) is 112 Å². The number of hydrogen-bond donors (Lipinski definition) is 0. The molecule has 3 rings (SSSR count). The summed E-state index contributed by atoms with van der Waals surface area (Å²) in [5.41, 5.74) is -2.44. The number of ether oxygens (including phenoxy) is 5. The number of amides is 2. The van der Waals surface area contributed by atoms with Gasteiger partial charge in [0, 0.05) is 32.9 Å². The molecule has 1 saturated heterocycles. The molecule has 13 heteroatoms. The largest absolute Gasteiger partial charge is 0.514 e. The normalized spacial score (nSPS) is 14.5. The first-order valence-corrected chi connectivity index (χ1v) is 14.8. The maximum Gasteiger partial charge on any atom is 0.514 e. The first-order valence-electron chi connectivity index (χ1n) is 14.8. The molecular formula is C32H44N2O11. The molecule has 248 valence electrons. The van der Waals surface area contributed by atoms with E-state index in [2.05, 4.69) is 0 Å². The maximum absolute atomic E-state index is 13.9. The number of carbonyl (C=O) groups is 4. The van der Waals surface area contributed by atoms with Gasteiger partial charge in [0.1, 0.15) is 28.5 Å². The number of benzene rings is 1. The SMILES string of the molecule is CC(=O)N(Cc1ccc2oc(N3CCC(OC(=O)OC(C)(C)C)CC3)c(OC(=O)OC(C)(C)C)c(=O)c2c1)C(=O)OC(C)(C)C. The highest BCUT2D eigenvalue weighted by atomic mass is 16.7. The van der Waals surface area contributed by atoms with E-state index < -0.39 is 52.6 Å². The van der Waals surface area contributed by atoms with Crippen LogP contribution in [0.4, 0.5) is 20.3 Å². The summed E-state index contributed by atoms with van der Waals surface area (Å²) in [5.74, 6) is -0.906. The molecule has 13 nitrogen and oxygen atoms in total. The van der Waals surface area contributed by atoms with E-state index >= 15 is 0 Å². The fourth-order valence-electron chi connectivity index (χ4n) is 4.36. The van der Waals surface area contributed by atoms with E-state index in [9.17, 15) is 24.0 Å². The Kier molecular flexibility index (Phi) is 10.5. The molecule has 45 heavy (non-hydrogen) atoms. The van der Waals surface area contributed by atoms with Crippen LogP contribution in [0, 0.1) is 0 Å². The number of imide groups is 1. The van der Waals surface area contributed by atoms with E-state index in [-0.39, 0.29) is 29.1 Å². The van der Waals surface area contributed by atoms with Gasteiger partial charge in [-0.05, 0) is 80.0 Å². The Labute approximate surface area is 262 Å². The fourth-order valence-corrected chi connectivity index (χ4v) is 4.36. The van der Waals surface area contributed by atoms with Crippen molar-refractivity contribution >= 4 is 41.2 Å². The van der Waals surface area contributed by atoms with Crippen molar-refractivity contribution in [3.05, 3.63) is 34.0 Å². The Morgan fingerprint density at radius 1 is 0.867 bits per heavy atom. The van der Waals surface area contributed by atoms with Crippen LogP contribution in [-0.4, -0.2) is 65.2 Å². The van der Waals surface area contributed by atoms with Crippen LogP contribution in [0.1, 0.15) is 87.6 Å². The molecule has 0 aliphatic carbocycles. The summed E-state index contributed by atoms with van der Waals surface area (Å²) in [5, 5.41) is 0.0608. The number of rotatable bonds is 5. The molecule has 2 heterocycles. The Morgan fingerprint density at radius 2 is 1.42 bits per heavy atom. The van der Waals surface area contributed by atoms with Crippen molar-refractivity contribution in [2.24, 2.45) is 0 Å². The van der Waals surface area contributed by atoms with Gasteiger partial charge in [-0.3, -0.25) is 9.59 Å². The van der Waals surface area contributed by atoms with Crippen LogP contribution in [0.5, 0.6) is 5.75 Å². The zero-order valence-electron chi connectivity index (χ0n) is 27.7. The van der Waals surface area contributed by atoms with Gasteiger partial charge in [0.05, 0.1) is 11.9 Å². The average molecular weight is 633 g/mol. The van der Waals surface area contributed by atoms with E-state index in [0.29, 0.717) is 31.5 Å². The first kappa shape index (κ1) is 35.2. The van der Waals surface area contributed by atoms with Crippen LogP contribution in [0.2, 0.25) is 0 Å². The third-order valence-electron chi connectivity index (χ3n) is 6.19. The number of fused-ring (bicyclic) bond motifs is 1. The highest BCUT2D eigenvalue weighted by molar-refractivity contribution is 5.91. The number of piperidine rings is 1. The fraction of sp³-hybridized carbons (Fsp3) is 0.594. The van der Waals surface area contributed by atoms with E-state index in [1.807, 2.05) is 0 Å². The Balaban J connectivity index is 1.95. The van der Waals surface area contributed by atoms with Gasteiger partial charge in [-0.25, -0.2) is 19.3 Å². The smallest absolute Gasteiger partial charge is 0.443 e. The van der Waals surface area contributed by atoms with E-state index in [1.165, 1.54) is 13.0 Å². The van der Waals surface area contributed by atoms with Crippen molar-refractivity contribution < 1.29 is 47.3 Å². The van der Waals surface area contributed by atoms with Crippen LogP contribution >= 0.6 is 0 Å². The molecule has 1 aliphatic rings. The predicted molar refractivity (Wildman–Crippen MR) is 164 cm³/mol. The lowest BCUT2D eigenvalue weighted by molar-refractivity contribution is -0.128. The van der Waals surface area contributed by atoms with E-state index in [4.69, 9.17) is 28.1 Å². The molecule has 1 aliphatic heterocycles. The van der Waals surface area contributed by atoms with Gasteiger partial charge < -0.3 is 33.0 Å². The Hall–Kier alpha value is -4.29. The molecule has 2 aromatic rings. The average Bonchev–Trinajstić information content (AvgIpc) is 2.86. The zero-order valence-corrected chi connectivity index (χ0v) is 27.7. The van der Waals surface area contributed by atoms with E-state index in [0.717, 1.165) is 4.90 Å². The Morgan fingerprint density at radius 3 is 1.96 bits per heavy atom. The number of hydrogen-bond acceptors (Lipinski definition) is 12. The predicted octanol–water partition coefficient (Wildman–Crippen LogP) is 6.31. The van der Waals surface area contributed by atoms with Gasteiger partial charge in [-0.1, -0.05) is 6.07 Å². The standard InChI is InChI=1S/C32H44N2O11/c1-19(35)34(27(37)43-30(2,3)4)18-20-11-12-23-22(17-20)24(36)25(42-29(39)45-32(8,9)10)26(41-23)33-15-13-21(14-16-33)40-28(38)44-31(5,6)7/h11-12,17,21H,13-16,18H2,1-10H3. The maximum atomic E-state index is 13.9. The van der Waals surface area contributed by atoms with Crippen molar-refractivity contribution in [3.8, 4) is 5.75 Å². The second-order valence-electron chi connectivity index (χ2n) is 13.8. The highest BCUT2D eigenvalue weighted by Gasteiger charge is 2.32. The summed E-state index contributed by atoms with van der Waals surface area (Å²) < 4.78 is 32.9. The zero-order chi connectivity index (χ0) is 33.9. The summed E-state index contributed by atoms with van der Waals surface area (Å²) >= 11 is 0. The minimum atomic E-state index is -1.10. The Bertz CT molecular complexity index is 1480. The van der Waals surface area contributed by atoms with Crippen molar-refractivity contribution in [1.82, 2.24) is 4.90 Å². The van der Waals surface area contributed by atoms with Crippen molar-refractivity contribution in [1.29, 1.82) is 0 Å². The molecule has 1 aromatic carbocycles. The van der Waals surface area contributed by atoms with Gasteiger partial charge in [0.2, 0.25) is 23.0 Å². The second-order valence-corrected chi connectivity index (χ2v) is 13.8. The lowest BCUT2D eigenvalue weighted by atomic mass is 10.1. The van der Waals surface area contributed by atoms with Gasteiger partial charge in [0.15, 0.2) is 0 Å². The minimum absolute atomic E-state index is 0.0148. The molecule has 0 atom stereocenters. The van der Waals surface area contributed by atoms with Crippen molar-refractivity contribution in [2.75, 3.05) is 18.0 Å². The molecule has 0 N–H and O–H groups in total. The van der Waals surface area contributed by atoms with Crippen LogP contribution in [0.15, 0.2) is 27.4 Å². The molecule has 1 fully saturated rings. The van der Waals surface area contributed by atoms with Crippen LogP contribution in [-0.2, 0) is 30.3 Å². The molecule has 2 amide bonds. The monoisotopic (exact) mass is 632 g/mol. The quantitative estimate of drug-likeness (QED) is 0.268. The summed E-state index contributed by atoms with van der Waals surface area (Å²) in [4.78, 5) is 66.3. The summed E-state index contributed by atoms with van der Waals surface area (Å²) in [6.07, 6.45) is -2.31. The number of anilines is 1. The molecule has 0 radical (unpaired) electrons. The summed E-state index contributed by atoms with van der Waals surface area (Å²) in [6, 6.07) is 4.62. The summed E-state index contributed by atoms with van der Waals surface area (Å²) in [6.45, 7) is 17.0. The molecule has 0 saturated carbocycles. The van der Waals surface area contributed by atoms with Gasteiger partial charge in [-0.15, -0.1) is 0 Å². The summed E-state index contributed by atoms with van der Waals surface area (Å²) in [7, 11) is 0.